The first-order valence-electron chi connectivity index (χ1n) is 6.36. The predicted octanol–water partition coefficient (Wildman–Crippen LogP) is 1.96. The molecule has 2 aromatic heterocycles. The lowest BCUT2D eigenvalue weighted by Gasteiger charge is -2.19. The summed E-state index contributed by atoms with van der Waals surface area (Å²) >= 11 is 0. The Hall–Kier alpha value is -2.01. The number of nitrogens with one attached hydrogen (secondary N) is 1. The van der Waals surface area contributed by atoms with Crippen LogP contribution in [0.15, 0.2) is 18.5 Å². The number of aryl methyl sites for hydroxylation is 1. The van der Waals surface area contributed by atoms with Crippen molar-refractivity contribution >= 4 is 5.82 Å². The van der Waals surface area contributed by atoms with Gasteiger partial charge < -0.3 is 10.1 Å². The molecule has 0 unspecified atom stereocenters. The van der Waals surface area contributed by atoms with Crippen molar-refractivity contribution in [2.75, 3.05) is 19.0 Å². The van der Waals surface area contributed by atoms with Crippen LogP contribution in [-0.2, 0) is 17.8 Å². The fourth-order valence-corrected chi connectivity index (χ4v) is 2.28. The topological polar surface area (TPSA) is 59.9 Å². The number of ether oxygens (including phenoxy) is 1. The van der Waals surface area contributed by atoms with Crippen molar-refractivity contribution in [3.8, 4) is 11.4 Å². The molecule has 0 aromatic carbocycles. The standard InChI is InChI=1S/C14H16N4O/c1-9-7-16-5-3-10(9)14-17-12-4-6-19-8-11(12)13(15-2)18-14/h3,5,7H,4,6,8H2,1-2H3,(H,15,17,18). The van der Waals surface area contributed by atoms with E-state index >= 15 is 0 Å². The average Bonchev–Trinajstić information content (AvgIpc) is 2.46. The predicted molar refractivity (Wildman–Crippen MR) is 72.9 cm³/mol. The SMILES string of the molecule is CNc1nc(-c2ccncc2C)nc2c1COCC2. The van der Waals surface area contributed by atoms with Crippen LogP contribution in [0, 0.1) is 6.92 Å². The van der Waals surface area contributed by atoms with Gasteiger partial charge in [0.25, 0.3) is 0 Å². The number of nitrogens with zero attached hydrogens (tertiary/aromatic N) is 3. The first-order chi connectivity index (χ1) is 9.29. The Morgan fingerprint density at radius 1 is 1.32 bits per heavy atom. The van der Waals surface area contributed by atoms with Crippen molar-refractivity contribution in [1.29, 1.82) is 0 Å². The quantitative estimate of drug-likeness (QED) is 0.890. The molecule has 5 nitrogen and oxygen atoms in total. The molecule has 0 saturated carbocycles. The third-order valence-electron chi connectivity index (χ3n) is 3.32. The fraction of sp³-hybridized carbons (Fsp3) is 0.357. The molecule has 3 rings (SSSR count). The molecule has 0 saturated heterocycles. The van der Waals surface area contributed by atoms with E-state index in [0.29, 0.717) is 6.61 Å². The highest BCUT2D eigenvalue weighted by Gasteiger charge is 2.18. The summed E-state index contributed by atoms with van der Waals surface area (Å²) in [4.78, 5) is 13.4. The van der Waals surface area contributed by atoms with Gasteiger partial charge in [0.15, 0.2) is 5.82 Å². The normalized spacial score (nSPS) is 14.0. The first-order valence-corrected chi connectivity index (χ1v) is 6.36. The van der Waals surface area contributed by atoms with Crippen molar-refractivity contribution in [2.45, 2.75) is 20.0 Å². The Balaban J connectivity index is 2.15. The number of hydrogen-bond donors (Lipinski definition) is 1. The van der Waals surface area contributed by atoms with Gasteiger partial charge in [0.1, 0.15) is 5.82 Å². The number of anilines is 1. The zero-order chi connectivity index (χ0) is 13.2. The summed E-state index contributed by atoms with van der Waals surface area (Å²) in [6, 6.07) is 1.95. The van der Waals surface area contributed by atoms with Gasteiger partial charge in [0.05, 0.1) is 18.9 Å². The second kappa shape index (κ2) is 4.93. The van der Waals surface area contributed by atoms with Gasteiger partial charge in [-0.3, -0.25) is 4.98 Å². The number of aromatic nitrogens is 3. The van der Waals surface area contributed by atoms with E-state index in [1.54, 1.807) is 6.20 Å². The third-order valence-corrected chi connectivity index (χ3v) is 3.32. The molecule has 19 heavy (non-hydrogen) atoms. The van der Waals surface area contributed by atoms with E-state index in [0.717, 1.165) is 47.1 Å². The van der Waals surface area contributed by atoms with Crippen molar-refractivity contribution < 1.29 is 4.74 Å². The van der Waals surface area contributed by atoms with Crippen molar-refractivity contribution in [3.05, 3.63) is 35.3 Å². The molecule has 5 heteroatoms. The average molecular weight is 256 g/mol. The molecule has 0 spiro atoms. The van der Waals surface area contributed by atoms with Gasteiger partial charge in [0.2, 0.25) is 0 Å². The van der Waals surface area contributed by atoms with Gasteiger partial charge in [-0.15, -0.1) is 0 Å². The van der Waals surface area contributed by atoms with Gasteiger partial charge in [-0.05, 0) is 18.6 Å². The number of fused-ring (bicyclic) bond motifs is 1. The molecule has 0 atom stereocenters. The second-order valence-electron chi connectivity index (χ2n) is 4.56. The van der Waals surface area contributed by atoms with Gasteiger partial charge in [-0.1, -0.05) is 0 Å². The lowest BCUT2D eigenvalue weighted by molar-refractivity contribution is 0.109. The van der Waals surface area contributed by atoms with Crippen LogP contribution in [0.2, 0.25) is 0 Å². The maximum atomic E-state index is 5.48. The Bertz CT molecular complexity index is 595. The molecule has 0 aliphatic carbocycles. The highest BCUT2D eigenvalue weighted by Crippen LogP contribution is 2.26. The molecular weight excluding hydrogens is 240 g/mol. The van der Waals surface area contributed by atoms with Gasteiger partial charge in [-0.2, -0.15) is 0 Å². The van der Waals surface area contributed by atoms with Crippen molar-refractivity contribution in [1.82, 2.24) is 15.0 Å². The molecule has 98 valence electrons. The summed E-state index contributed by atoms with van der Waals surface area (Å²) in [5, 5.41) is 3.14. The Labute approximate surface area is 112 Å². The zero-order valence-corrected chi connectivity index (χ0v) is 11.1. The lowest BCUT2D eigenvalue weighted by atomic mass is 10.1. The van der Waals surface area contributed by atoms with E-state index in [1.807, 2.05) is 26.2 Å². The van der Waals surface area contributed by atoms with E-state index in [2.05, 4.69) is 15.3 Å². The molecule has 1 aliphatic heterocycles. The van der Waals surface area contributed by atoms with Crippen LogP contribution in [-0.4, -0.2) is 28.6 Å². The van der Waals surface area contributed by atoms with E-state index in [1.165, 1.54) is 0 Å². The second-order valence-corrected chi connectivity index (χ2v) is 4.56. The van der Waals surface area contributed by atoms with Crippen LogP contribution in [0.4, 0.5) is 5.82 Å². The molecule has 0 radical (unpaired) electrons. The van der Waals surface area contributed by atoms with Gasteiger partial charge in [0, 0.05) is 37.0 Å². The van der Waals surface area contributed by atoms with Gasteiger partial charge in [-0.25, -0.2) is 9.97 Å². The molecule has 2 aromatic rings. The monoisotopic (exact) mass is 256 g/mol. The minimum absolute atomic E-state index is 0.584. The number of pyridine rings is 1. The van der Waals surface area contributed by atoms with Crippen LogP contribution in [0.5, 0.6) is 0 Å². The summed E-state index contributed by atoms with van der Waals surface area (Å²) in [6.45, 7) is 3.33. The molecule has 1 N–H and O–H groups in total. The summed E-state index contributed by atoms with van der Waals surface area (Å²) in [5.74, 6) is 1.61. The highest BCUT2D eigenvalue weighted by atomic mass is 16.5. The minimum atomic E-state index is 0.584. The zero-order valence-electron chi connectivity index (χ0n) is 11.1. The molecule has 0 bridgehead atoms. The molecule has 0 amide bonds. The van der Waals surface area contributed by atoms with E-state index in [4.69, 9.17) is 9.72 Å². The molecule has 1 aliphatic rings. The molecular formula is C14H16N4O. The molecule has 0 fully saturated rings. The van der Waals surface area contributed by atoms with Crippen LogP contribution in [0.3, 0.4) is 0 Å². The fourth-order valence-electron chi connectivity index (χ4n) is 2.28. The van der Waals surface area contributed by atoms with Crippen molar-refractivity contribution in [3.63, 3.8) is 0 Å². The van der Waals surface area contributed by atoms with Crippen LogP contribution < -0.4 is 5.32 Å². The Morgan fingerprint density at radius 3 is 3.00 bits per heavy atom. The first kappa shape index (κ1) is 12.0. The van der Waals surface area contributed by atoms with Crippen LogP contribution in [0.25, 0.3) is 11.4 Å². The van der Waals surface area contributed by atoms with E-state index < -0.39 is 0 Å². The Morgan fingerprint density at radius 2 is 2.21 bits per heavy atom. The summed E-state index contributed by atoms with van der Waals surface area (Å²) in [7, 11) is 1.88. The highest BCUT2D eigenvalue weighted by molar-refractivity contribution is 5.62. The van der Waals surface area contributed by atoms with Crippen molar-refractivity contribution in [2.24, 2.45) is 0 Å². The van der Waals surface area contributed by atoms with Crippen LogP contribution >= 0.6 is 0 Å². The number of rotatable bonds is 2. The molecule has 3 heterocycles. The summed E-state index contributed by atoms with van der Waals surface area (Å²) < 4.78 is 5.48. The Kier molecular flexibility index (Phi) is 3.13. The third kappa shape index (κ3) is 2.17. The summed E-state index contributed by atoms with van der Waals surface area (Å²) in [6.07, 6.45) is 4.44. The number of hydrogen-bond acceptors (Lipinski definition) is 5. The minimum Gasteiger partial charge on any atom is -0.376 e. The van der Waals surface area contributed by atoms with E-state index in [-0.39, 0.29) is 0 Å². The van der Waals surface area contributed by atoms with Crippen LogP contribution in [0.1, 0.15) is 16.8 Å². The van der Waals surface area contributed by atoms with E-state index in [9.17, 15) is 0 Å². The van der Waals surface area contributed by atoms with Gasteiger partial charge >= 0.3 is 0 Å². The maximum Gasteiger partial charge on any atom is 0.162 e. The lowest BCUT2D eigenvalue weighted by Crippen LogP contribution is -2.16. The largest absolute Gasteiger partial charge is 0.376 e. The maximum absolute atomic E-state index is 5.48. The smallest absolute Gasteiger partial charge is 0.162 e. The summed E-state index contributed by atoms with van der Waals surface area (Å²) in [5.41, 5.74) is 4.26.